The molecule has 8 aliphatic carbocycles. The van der Waals surface area contributed by atoms with Crippen molar-refractivity contribution in [3.8, 4) is 0 Å². The number of aliphatic hydroxyl groups is 3. The van der Waals surface area contributed by atoms with Crippen LogP contribution < -0.4 is 0 Å². The standard InChI is InChI=1S/C52H86O7/c1-9-33-41-27-31(53)19-23-51(41,7)39-21-25-50(6)36(14-16-37(50)45(39)47(33)57)30(4)12-18-44(56)59-32-20-24-52(8)40-22-26-49(5)35(29(3)11-17-43(54)55)13-15-38(49)46(40)48(58)34(10-2)42(52)28-32/h29-42,45-48,53,57-58H,9-28H2,1-8H3,(H,54,55)/t29-,30-,31-,32-,33-,34-,35-,36-,37+,38+,39+,40+,41+,42+,45+,46+,47+,48+,49-,50-,51-,52-/m1/s1. The van der Waals surface area contributed by atoms with E-state index in [9.17, 15) is 30.0 Å². The second-order valence-corrected chi connectivity index (χ2v) is 24.1. The summed E-state index contributed by atoms with van der Waals surface area (Å²) < 4.78 is 6.42. The maximum atomic E-state index is 13.7. The average Bonchev–Trinajstić information content (AvgIpc) is 3.74. The fraction of sp³-hybridized carbons (Fsp3) is 0.962. The lowest BCUT2D eigenvalue weighted by Gasteiger charge is -2.65. The molecule has 4 N–H and O–H groups in total. The molecule has 0 heterocycles. The van der Waals surface area contributed by atoms with Gasteiger partial charge in [0.15, 0.2) is 0 Å². The topological polar surface area (TPSA) is 124 Å². The number of hydrogen-bond donors (Lipinski definition) is 4. The van der Waals surface area contributed by atoms with Gasteiger partial charge in [-0.05, 0) is 207 Å². The second kappa shape index (κ2) is 16.4. The minimum absolute atomic E-state index is 0.0365. The van der Waals surface area contributed by atoms with Gasteiger partial charge in [0.25, 0.3) is 0 Å². The van der Waals surface area contributed by atoms with Crippen molar-refractivity contribution in [2.24, 2.45) is 105 Å². The van der Waals surface area contributed by atoms with Crippen molar-refractivity contribution >= 4 is 11.9 Å². The molecular weight excluding hydrogens is 737 g/mol. The third kappa shape index (κ3) is 7.12. The lowest BCUT2D eigenvalue weighted by Crippen LogP contribution is -2.62. The number of hydrogen-bond acceptors (Lipinski definition) is 6. The van der Waals surface area contributed by atoms with E-state index in [1.807, 2.05) is 0 Å². The number of carboxylic acids is 1. The van der Waals surface area contributed by atoms with Gasteiger partial charge in [-0.15, -0.1) is 0 Å². The number of carboxylic acid groups (broad SMARTS) is 1. The van der Waals surface area contributed by atoms with Crippen molar-refractivity contribution in [3.05, 3.63) is 0 Å². The zero-order valence-electron chi connectivity index (χ0n) is 38.5. The Balaban J connectivity index is 0.881. The highest BCUT2D eigenvalue weighted by Crippen LogP contribution is 2.71. The van der Waals surface area contributed by atoms with Crippen LogP contribution in [-0.2, 0) is 14.3 Å². The zero-order valence-corrected chi connectivity index (χ0v) is 38.5. The van der Waals surface area contributed by atoms with Gasteiger partial charge in [0.05, 0.1) is 18.3 Å². The molecule has 0 aromatic heterocycles. The van der Waals surface area contributed by atoms with Gasteiger partial charge in [0.1, 0.15) is 6.10 Å². The highest BCUT2D eigenvalue weighted by molar-refractivity contribution is 5.69. The normalized spacial score (nSPS) is 52.5. The molecule has 0 spiro atoms. The summed E-state index contributed by atoms with van der Waals surface area (Å²) >= 11 is 0. The number of carbonyl (C=O) groups is 2. The Morgan fingerprint density at radius 1 is 0.576 bits per heavy atom. The SMILES string of the molecule is CC[C@H]1[C@H](O)[C@@H]2[C@H](CC[C@]3(C)[C@@H]([C@H](C)CCC(=O)O[C@@H]4CC[C@@]5(C)[C@@H](C4)[C@@H](CC)[C@H](O)[C@@H]4[C@@H]5CC[C@]5(C)[C@@H]([C@H](C)CCC(=O)O)CC[C@@H]45)CC[C@@H]23)[C@@]2(C)CC[C@@H](O)C[C@@H]12. The van der Waals surface area contributed by atoms with Gasteiger partial charge in [-0.1, -0.05) is 68.2 Å². The molecule has 8 rings (SSSR count). The quantitative estimate of drug-likeness (QED) is 0.153. The molecule has 7 nitrogen and oxygen atoms in total. The van der Waals surface area contributed by atoms with Crippen LogP contribution in [0.4, 0.5) is 0 Å². The molecule has 7 heteroatoms. The summed E-state index contributed by atoms with van der Waals surface area (Å²) in [7, 11) is 0. The molecule has 0 unspecified atom stereocenters. The number of aliphatic carboxylic acids is 1. The van der Waals surface area contributed by atoms with E-state index in [2.05, 4.69) is 55.4 Å². The number of ether oxygens (including phenoxy) is 1. The van der Waals surface area contributed by atoms with E-state index in [0.29, 0.717) is 77.4 Å². The third-order valence-corrected chi connectivity index (χ3v) is 22.2. The molecule has 22 atom stereocenters. The average molecular weight is 823 g/mol. The zero-order chi connectivity index (χ0) is 42.4. The Bertz CT molecular complexity index is 1530. The largest absolute Gasteiger partial charge is 0.481 e. The van der Waals surface area contributed by atoms with Crippen LogP contribution in [0.5, 0.6) is 0 Å². The van der Waals surface area contributed by atoms with E-state index in [1.165, 1.54) is 32.1 Å². The van der Waals surface area contributed by atoms with Crippen LogP contribution in [0.2, 0.25) is 0 Å². The van der Waals surface area contributed by atoms with Crippen LogP contribution in [-0.4, -0.2) is 56.8 Å². The van der Waals surface area contributed by atoms with Crippen molar-refractivity contribution in [2.45, 2.75) is 208 Å². The van der Waals surface area contributed by atoms with Gasteiger partial charge < -0.3 is 25.2 Å². The molecule has 0 bridgehead atoms. The van der Waals surface area contributed by atoms with E-state index in [-0.39, 0.29) is 70.3 Å². The van der Waals surface area contributed by atoms with Gasteiger partial charge in [0.2, 0.25) is 0 Å². The first kappa shape index (κ1) is 44.4. The van der Waals surface area contributed by atoms with E-state index in [4.69, 9.17) is 4.74 Å². The maximum Gasteiger partial charge on any atom is 0.306 e. The molecule has 0 aromatic carbocycles. The fourth-order valence-electron chi connectivity index (χ4n) is 19.3. The number of rotatable bonds is 11. The molecule has 0 aliphatic heterocycles. The van der Waals surface area contributed by atoms with E-state index >= 15 is 0 Å². The first-order valence-corrected chi connectivity index (χ1v) is 25.4. The molecule has 0 amide bonds. The van der Waals surface area contributed by atoms with Crippen LogP contribution >= 0.6 is 0 Å². The van der Waals surface area contributed by atoms with E-state index in [0.717, 1.165) is 83.5 Å². The Hall–Kier alpha value is -1.18. The van der Waals surface area contributed by atoms with Gasteiger partial charge in [-0.25, -0.2) is 0 Å². The molecule has 336 valence electrons. The first-order chi connectivity index (χ1) is 27.9. The van der Waals surface area contributed by atoms with Gasteiger partial charge in [0, 0.05) is 12.8 Å². The van der Waals surface area contributed by atoms with Crippen LogP contribution in [0.15, 0.2) is 0 Å². The van der Waals surface area contributed by atoms with Crippen LogP contribution in [0.25, 0.3) is 0 Å². The predicted molar refractivity (Wildman–Crippen MR) is 232 cm³/mol. The minimum atomic E-state index is -0.695. The first-order valence-electron chi connectivity index (χ1n) is 25.4. The Labute approximate surface area is 358 Å². The number of carbonyl (C=O) groups excluding carboxylic acids is 1. The molecular formula is C52H86O7. The Morgan fingerprint density at radius 3 is 1.51 bits per heavy atom. The Morgan fingerprint density at radius 2 is 1.02 bits per heavy atom. The summed E-state index contributed by atoms with van der Waals surface area (Å²) in [6.45, 7) is 19.3. The summed E-state index contributed by atoms with van der Waals surface area (Å²) in [5.41, 5.74) is 0.715. The van der Waals surface area contributed by atoms with Crippen molar-refractivity contribution in [1.29, 1.82) is 0 Å². The maximum absolute atomic E-state index is 13.7. The van der Waals surface area contributed by atoms with Gasteiger partial charge in [-0.3, -0.25) is 9.59 Å². The highest BCUT2D eigenvalue weighted by atomic mass is 16.5. The highest BCUT2D eigenvalue weighted by Gasteiger charge is 2.67. The van der Waals surface area contributed by atoms with Crippen molar-refractivity contribution in [2.75, 3.05) is 0 Å². The molecule has 8 saturated carbocycles. The number of esters is 1. The Kier molecular flexibility index (Phi) is 12.4. The van der Waals surface area contributed by atoms with Crippen molar-refractivity contribution in [3.63, 3.8) is 0 Å². The lowest BCUT2D eigenvalue weighted by molar-refractivity contribution is -0.207. The summed E-state index contributed by atoms with van der Waals surface area (Å²) in [6.07, 6.45) is 18.5. The van der Waals surface area contributed by atoms with E-state index in [1.54, 1.807) is 0 Å². The fourth-order valence-corrected chi connectivity index (χ4v) is 19.3. The monoisotopic (exact) mass is 823 g/mol. The summed E-state index contributed by atoms with van der Waals surface area (Å²) in [6, 6.07) is 0. The molecule has 0 saturated heterocycles. The van der Waals surface area contributed by atoms with Crippen molar-refractivity contribution < 1.29 is 34.8 Å². The summed E-state index contributed by atoms with van der Waals surface area (Å²) in [5.74, 6) is 5.15. The molecule has 0 aromatic rings. The van der Waals surface area contributed by atoms with Crippen LogP contribution in [0.1, 0.15) is 184 Å². The number of fused-ring (bicyclic) bond motifs is 10. The second-order valence-electron chi connectivity index (χ2n) is 24.1. The van der Waals surface area contributed by atoms with E-state index < -0.39 is 5.97 Å². The lowest BCUT2D eigenvalue weighted by atomic mass is 9.41. The van der Waals surface area contributed by atoms with Gasteiger partial charge in [-0.2, -0.15) is 0 Å². The molecule has 59 heavy (non-hydrogen) atoms. The van der Waals surface area contributed by atoms with Crippen LogP contribution in [0.3, 0.4) is 0 Å². The molecule has 0 radical (unpaired) electrons. The minimum Gasteiger partial charge on any atom is -0.481 e. The molecule has 8 fully saturated rings. The smallest absolute Gasteiger partial charge is 0.306 e. The summed E-state index contributed by atoms with van der Waals surface area (Å²) in [5, 5.41) is 44.6. The predicted octanol–water partition coefficient (Wildman–Crippen LogP) is 10.7. The third-order valence-electron chi connectivity index (χ3n) is 22.2. The van der Waals surface area contributed by atoms with Crippen molar-refractivity contribution in [1.82, 2.24) is 0 Å². The number of aliphatic hydroxyl groups excluding tert-OH is 3. The summed E-state index contributed by atoms with van der Waals surface area (Å²) in [4.78, 5) is 25.2. The molecule has 8 aliphatic rings. The van der Waals surface area contributed by atoms with Gasteiger partial charge >= 0.3 is 11.9 Å². The van der Waals surface area contributed by atoms with Crippen LogP contribution in [0, 0.1) is 105 Å².